The zero-order valence-electron chi connectivity index (χ0n) is 18.3. The van der Waals surface area contributed by atoms with E-state index in [0.717, 1.165) is 13.1 Å². The Morgan fingerprint density at radius 3 is 2.23 bits per heavy atom. The first-order chi connectivity index (χ1) is 14.5. The van der Waals surface area contributed by atoms with Crippen molar-refractivity contribution in [2.45, 2.75) is 49.0 Å². The summed E-state index contributed by atoms with van der Waals surface area (Å²) in [5, 5.41) is 11.8. The number of likely N-dealkylation sites (tertiary alicyclic amines) is 1. The van der Waals surface area contributed by atoms with Crippen LogP contribution in [0.3, 0.4) is 0 Å². The number of nitrogens with one attached hydrogen (secondary N) is 1. The molecule has 4 N–H and O–H groups in total. The van der Waals surface area contributed by atoms with Gasteiger partial charge in [0.1, 0.15) is 11.8 Å². The molecule has 1 aliphatic heterocycles. The average Bonchev–Trinajstić information content (AvgIpc) is 2.69. The predicted molar refractivity (Wildman–Crippen MR) is 114 cm³/mol. The zero-order valence-corrected chi connectivity index (χ0v) is 19.1. The lowest BCUT2D eigenvalue weighted by atomic mass is 10.0. The predicted octanol–water partition coefficient (Wildman–Crippen LogP) is 0.207. The first-order valence-electron chi connectivity index (χ1n) is 10.1. The van der Waals surface area contributed by atoms with Crippen molar-refractivity contribution >= 4 is 21.7 Å². The molecule has 174 valence electrons. The van der Waals surface area contributed by atoms with Crippen molar-refractivity contribution in [2.24, 2.45) is 11.7 Å². The van der Waals surface area contributed by atoms with Crippen LogP contribution in [0.4, 0.5) is 0 Å². The lowest BCUT2D eigenvalue weighted by molar-refractivity contribution is -0.171. The van der Waals surface area contributed by atoms with Gasteiger partial charge in [0.05, 0.1) is 12.0 Å². The first kappa shape index (κ1) is 25.1. The number of hydroxylamine groups is 2. The number of rotatable bonds is 9. The molecule has 1 fully saturated rings. The molecule has 1 aliphatic rings. The number of amides is 2. The average molecular weight is 457 g/mol. The van der Waals surface area contributed by atoms with Crippen molar-refractivity contribution in [1.82, 2.24) is 15.3 Å². The van der Waals surface area contributed by atoms with Crippen LogP contribution in [0.2, 0.25) is 0 Å². The topological polar surface area (TPSA) is 142 Å². The van der Waals surface area contributed by atoms with Gasteiger partial charge in [0, 0.05) is 6.04 Å². The van der Waals surface area contributed by atoms with E-state index in [9.17, 15) is 23.2 Å². The Bertz CT molecular complexity index is 866. The van der Waals surface area contributed by atoms with E-state index in [2.05, 4.69) is 10.2 Å². The highest BCUT2D eigenvalue weighted by Crippen LogP contribution is 2.25. The Kier molecular flexibility index (Phi) is 8.41. The van der Waals surface area contributed by atoms with Gasteiger partial charge in [0.25, 0.3) is 5.91 Å². The highest BCUT2D eigenvalue weighted by atomic mass is 32.2. The number of nitrogens with zero attached hydrogens (tertiary/aromatic N) is 2. The van der Waals surface area contributed by atoms with Gasteiger partial charge in [-0.2, -0.15) is 5.06 Å². The number of hydrogen-bond acceptors (Lipinski definition) is 8. The fourth-order valence-corrected chi connectivity index (χ4v) is 5.17. The molecule has 11 heteroatoms. The molecule has 1 saturated heterocycles. The van der Waals surface area contributed by atoms with Gasteiger partial charge in [-0.3, -0.25) is 9.59 Å². The number of ether oxygens (including phenoxy) is 1. The van der Waals surface area contributed by atoms with Gasteiger partial charge in [-0.05, 0) is 63.2 Å². The molecule has 0 aliphatic carbocycles. The molecule has 2 amide bonds. The molecule has 1 heterocycles. The Labute approximate surface area is 183 Å². The summed E-state index contributed by atoms with van der Waals surface area (Å²) in [6.45, 7) is 4.70. The molecular weight excluding hydrogens is 424 g/mol. The summed E-state index contributed by atoms with van der Waals surface area (Å²) in [6.07, 6.45) is 1.29. The molecule has 2 rings (SSSR count). The van der Waals surface area contributed by atoms with Gasteiger partial charge < -0.3 is 25.9 Å². The van der Waals surface area contributed by atoms with Gasteiger partial charge >= 0.3 is 0 Å². The number of carbonyl (C=O) groups is 2. The number of nitrogens with two attached hydrogens (primary N) is 1. The molecular formula is C20H32N4O6S. The van der Waals surface area contributed by atoms with Crippen LogP contribution < -0.4 is 15.8 Å². The second kappa shape index (κ2) is 10.4. The van der Waals surface area contributed by atoms with E-state index in [0.29, 0.717) is 18.6 Å². The SMILES string of the molecule is COc1ccc(S(=O)(=O)C(C(=O)NC2CCN(C)CC2)N(O)[C@@H](C(N)=O)C(C)C)cc1. The smallest absolute Gasteiger partial charge is 0.255 e. The standard InChI is InChI=1S/C20H32N4O6S/c1-13(2)17(18(21)25)24(27)20(19(26)22-14-9-11-23(3)12-10-14)31(28,29)16-7-5-15(30-4)6-8-16/h5-8,13-14,17,20,27H,9-12H2,1-4H3,(H2,21,25)(H,22,26)/t17-,20?/m1/s1. The highest BCUT2D eigenvalue weighted by molar-refractivity contribution is 7.92. The summed E-state index contributed by atoms with van der Waals surface area (Å²) in [7, 11) is -1.00. The van der Waals surface area contributed by atoms with E-state index in [1.165, 1.54) is 31.4 Å². The van der Waals surface area contributed by atoms with E-state index in [4.69, 9.17) is 10.5 Å². The number of carbonyl (C=O) groups excluding carboxylic acids is 2. The number of piperidine rings is 1. The second-order valence-corrected chi connectivity index (χ2v) is 10.1. The second-order valence-electron chi connectivity index (χ2n) is 8.13. The van der Waals surface area contributed by atoms with Crippen molar-refractivity contribution in [3.8, 4) is 5.75 Å². The van der Waals surface area contributed by atoms with Crippen LogP contribution in [0.5, 0.6) is 5.75 Å². The van der Waals surface area contributed by atoms with E-state index >= 15 is 0 Å². The molecule has 0 bridgehead atoms. The van der Waals surface area contributed by atoms with Crippen molar-refractivity contribution in [1.29, 1.82) is 0 Å². The van der Waals surface area contributed by atoms with Crippen molar-refractivity contribution in [3.63, 3.8) is 0 Å². The molecule has 31 heavy (non-hydrogen) atoms. The molecule has 1 aromatic rings. The number of methoxy groups -OCH3 is 1. The maximum Gasteiger partial charge on any atom is 0.255 e. The van der Waals surface area contributed by atoms with Gasteiger partial charge in [0.15, 0.2) is 0 Å². The number of benzene rings is 1. The van der Waals surface area contributed by atoms with Gasteiger partial charge in [-0.25, -0.2) is 8.42 Å². The highest BCUT2D eigenvalue weighted by Gasteiger charge is 2.45. The number of primary amides is 1. The summed E-state index contributed by atoms with van der Waals surface area (Å²) < 4.78 is 31.8. The largest absolute Gasteiger partial charge is 0.497 e. The molecule has 1 unspecified atom stereocenters. The molecule has 0 aromatic heterocycles. The third-order valence-electron chi connectivity index (χ3n) is 5.42. The molecule has 0 spiro atoms. The number of sulfone groups is 1. The summed E-state index contributed by atoms with van der Waals surface area (Å²) in [5.41, 5.74) is 5.41. The van der Waals surface area contributed by atoms with Crippen LogP contribution in [0.1, 0.15) is 26.7 Å². The van der Waals surface area contributed by atoms with Crippen LogP contribution in [-0.4, -0.2) is 80.1 Å². The summed E-state index contributed by atoms with van der Waals surface area (Å²) in [5.74, 6) is -1.93. The van der Waals surface area contributed by atoms with E-state index in [-0.39, 0.29) is 16.0 Å². The van der Waals surface area contributed by atoms with Crippen LogP contribution >= 0.6 is 0 Å². The van der Waals surface area contributed by atoms with Crippen LogP contribution in [0.25, 0.3) is 0 Å². The summed E-state index contributed by atoms with van der Waals surface area (Å²) >= 11 is 0. The zero-order chi connectivity index (χ0) is 23.3. The monoisotopic (exact) mass is 456 g/mol. The maximum atomic E-state index is 13.4. The molecule has 1 aromatic carbocycles. The van der Waals surface area contributed by atoms with Gasteiger partial charge in [-0.15, -0.1) is 0 Å². The normalized spacial score (nSPS) is 18.0. The fourth-order valence-electron chi connectivity index (χ4n) is 3.63. The van der Waals surface area contributed by atoms with Crippen LogP contribution in [0.15, 0.2) is 29.2 Å². The van der Waals surface area contributed by atoms with Crippen molar-refractivity contribution < 1.29 is 28.0 Å². The van der Waals surface area contributed by atoms with Gasteiger partial charge in [0.2, 0.25) is 21.1 Å². The lowest BCUT2D eigenvalue weighted by Gasteiger charge is -2.34. The fraction of sp³-hybridized carbons (Fsp3) is 0.600. The summed E-state index contributed by atoms with van der Waals surface area (Å²) in [4.78, 5) is 27.0. The molecule has 2 atom stereocenters. The minimum Gasteiger partial charge on any atom is -0.497 e. The third kappa shape index (κ3) is 5.94. The maximum absolute atomic E-state index is 13.4. The van der Waals surface area contributed by atoms with Crippen molar-refractivity contribution in [3.05, 3.63) is 24.3 Å². The number of hydrogen-bond donors (Lipinski definition) is 3. The van der Waals surface area contributed by atoms with E-state index in [1.807, 2.05) is 7.05 Å². The van der Waals surface area contributed by atoms with Gasteiger partial charge in [-0.1, -0.05) is 13.8 Å². The molecule has 0 radical (unpaired) electrons. The van der Waals surface area contributed by atoms with E-state index in [1.54, 1.807) is 13.8 Å². The Balaban J connectivity index is 2.42. The molecule has 10 nitrogen and oxygen atoms in total. The Morgan fingerprint density at radius 2 is 1.77 bits per heavy atom. The Hall–Kier alpha value is -2.21. The minimum atomic E-state index is -4.41. The van der Waals surface area contributed by atoms with Crippen LogP contribution in [0, 0.1) is 5.92 Å². The third-order valence-corrected chi connectivity index (χ3v) is 7.37. The van der Waals surface area contributed by atoms with Crippen LogP contribution in [-0.2, 0) is 19.4 Å². The summed E-state index contributed by atoms with van der Waals surface area (Å²) in [6, 6.07) is 3.83. The van der Waals surface area contributed by atoms with Crippen molar-refractivity contribution in [2.75, 3.05) is 27.2 Å². The lowest BCUT2D eigenvalue weighted by Crippen LogP contribution is -2.59. The van der Waals surface area contributed by atoms with E-state index < -0.39 is 39.0 Å². The first-order valence-corrected chi connectivity index (χ1v) is 11.7. The minimum absolute atomic E-state index is 0.192. The quantitative estimate of drug-likeness (QED) is 0.448. The molecule has 0 saturated carbocycles. The Morgan fingerprint density at radius 1 is 1.23 bits per heavy atom.